The van der Waals surface area contributed by atoms with Gasteiger partial charge in [-0.3, -0.25) is 9.59 Å². The number of fused-ring (bicyclic) bond motifs is 1. The van der Waals surface area contributed by atoms with Gasteiger partial charge in [0.25, 0.3) is 5.56 Å². The van der Waals surface area contributed by atoms with Crippen molar-refractivity contribution < 1.29 is 4.79 Å². The third kappa shape index (κ3) is 3.54. The van der Waals surface area contributed by atoms with Crippen LogP contribution < -0.4 is 5.56 Å². The number of likely N-dealkylation sites (tertiary alicyclic amines) is 1. The Morgan fingerprint density at radius 3 is 2.61 bits per heavy atom. The van der Waals surface area contributed by atoms with E-state index in [1.807, 2.05) is 49.1 Å². The van der Waals surface area contributed by atoms with Crippen LogP contribution in [0.15, 0.2) is 52.5 Å². The Kier molecular flexibility index (Phi) is 5.17. The summed E-state index contributed by atoms with van der Waals surface area (Å²) in [5.74, 6) is 0.602. The van der Waals surface area contributed by atoms with Crippen LogP contribution in [0.5, 0.6) is 0 Å². The van der Waals surface area contributed by atoms with Crippen LogP contribution in [-0.2, 0) is 4.79 Å². The smallest absolute Gasteiger partial charge is 0.267 e. The fraction of sp³-hybridized carbons (Fsp3) is 0.333. The van der Waals surface area contributed by atoms with Gasteiger partial charge in [0.2, 0.25) is 5.91 Å². The minimum absolute atomic E-state index is 0.0910. The van der Waals surface area contributed by atoms with Crippen LogP contribution in [0.2, 0.25) is 0 Å². The molecule has 1 atom stereocenters. The normalized spacial score (nSPS) is 15.1. The molecule has 2 aromatic heterocycles. The number of para-hydroxylation sites is 1. The van der Waals surface area contributed by atoms with Gasteiger partial charge in [-0.1, -0.05) is 30.0 Å². The number of aromatic nitrogens is 3. The van der Waals surface area contributed by atoms with E-state index >= 15 is 0 Å². The van der Waals surface area contributed by atoms with E-state index in [0.717, 1.165) is 31.5 Å². The van der Waals surface area contributed by atoms with E-state index in [0.29, 0.717) is 21.9 Å². The van der Waals surface area contributed by atoms with E-state index in [1.165, 1.54) is 16.3 Å². The third-order valence-corrected chi connectivity index (χ3v) is 5.96. The number of carbonyl (C=O) groups is 1. The highest BCUT2D eigenvalue weighted by Gasteiger charge is 2.26. The summed E-state index contributed by atoms with van der Waals surface area (Å²) in [4.78, 5) is 37.0. The van der Waals surface area contributed by atoms with Crippen LogP contribution in [0.25, 0.3) is 16.7 Å². The molecule has 1 saturated heterocycles. The Bertz CT molecular complexity index is 1070. The Balaban J connectivity index is 1.79. The minimum atomic E-state index is -0.331. The van der Waals surface area contributed by atoms with Crippen LogP contribution >= 0.6 is 11.8 Å². The molecular weight excluding hydrogens is 372 g/mol. The quantitative estimate of drug-likeness (QED) is 0.502. The monoisotopic (exact) mass is 394 g/mol. The first-order valence-corrected chi connectivity index (χ1v) is 10.3. The number of thioether (sulfide) groups is 1. The zero-order valence-electron chi connectivity index (χ0n) is 16.0. The Morgan fingerprint density at radius 2 is 1.89 bits per heavy atom. The summed E-state index contributed by atoms with van der Waals surface area (Å²) in [5, 5.41) is 0.690. The van der Waals surface area contributed by atoms with Crippen molar-refractivity contribution in [2.75, 3.05) is 13.1 Å². The topological polar surface area (TPSA) is 68.1 Å². The molecule has 3 heterocycles. The number of hydrogen-bond acceptors (Lipinski definition) is 5. The second-order valence-corrected chi connectivity index (χ2v) is 8.35. The van der Waals surface area contributed by atoms with Crippen molar-refractivity contribution in [3.05, 3.63) is 58.5 Å². The van der Waals surface area contributed by atoms with Crippen LogP contribution in [-0.4, -0.2) is 43.7 Å². The molecule has 0 spiro atoms. The fourth-order valence-corrected chi connectivity index (χ4v) is 4.39. The summed E-state index contributed by atoms with van der Waals surface area (Å²) in [6.45, 7) is 5.44. The predicted molar refractivity (Wildman–Crippen MR) is 111 cm³/mol. The number of carbonyl (C=O) groups excluding carboxylic acids is 1. The summed E-state index contributed by atoms with van der Waals surface area (Å²) in [7, 11) is 0. The van der Waals surface area contributed by atoms with E-state index in [1.54, 1.807) is 12.3 Å². The largest absolute Gasteiger partial charge is 0.342 e. The van der Waals surface area contributed by atoms with Gasteiger partial charge in [-0.2, -0.15) is 0 Å². The number of aryl methyl sites for hydroxylation is 1. The standard InChI is InChI=1S/C21H22N4O2S/c1-14-9-10-18(22-13-14)25-20(27)16-7-3-4-8-17(16)23-21(25)28-15(2)19(26)24-11-5-6-12-24/h3-4,7-10,13,15H,5-6,11-12H2,1-2H3. The lowest BCUT2D eigenvalue weighted by Gasteiger charge is -2.21. The van der Waals surface area contributed by atoms with Crippen LogP contribution in [0.1, 0.15) is 25.3 Å². The molecule has 0 aliphatic carbocycles. The molecule has 144 valence electrons. The lowest BCUT2D eigenvalue weighted by molar-refractivity contribution is -0.129. The highest BCUT2D eigenvalue weighted by molar-refractivity contribution is 8.00. The first-order chi connectivity index (χ1) is 13.5. The molecule has 0 saturated carbocycles. The Labute approximate surface area is 167 Å². The van der Waals surface area contributed by atoms with Crippen molar-refractivity contribution in [3.8, 4) is 5.82 Å². The van der Waals surface area contributed by atoms with E-state index in [4.69, 9.17) is 4.98 Å². The number of hydrogen-bond donors (Lipinski definition) is 0. The zero-order chi connectivity index (χ0) is 19.7. The molecule has 0 radical (unpaired) electrons. The van der Waals surface area contributed by atoms with Crippen LogP contribution in [0, 0.1) is 6.92 Å². The van der Waals surface area contributed by atoms with Gasteiger partial charge in [0.15, 0.2) is 5.16 Å². The van der Waals surface area contributed by atoms with Crippen molar-refractivity contribution in [3.63, 3.8) is 0 Å². The maximum Gasteiger partial charge on any atom is 0.267 e. The van der Waals surface area contributed by atoms with Gasteiger partial charge in [0, 0.05) is 19.3 Å². The molecule has 0 bridgehead atoms. The van der Waals surface area contributed by atoms with Gasteiger partial charge in [-0.25, -0.2) is 14.5 Å². The van der Waals surface area contributed by atoms with Gasteiger partial charge < -0.3 is 4.90 Å². The number of amides is 1. The highest BCUT2D eigenvalue weighted by Crippen LogP contribution is 2.26. The fourth-order valence-electron chi connectivity index (χ4n) is 3.39. The van der Waals surface area contributed by atoms with Crippen molar-refractivity contribution >= 4 is 28.6 Å². The summed E-state index contributed by atoms with van der Waals surface area (Å²) >= 11 is 1.31. The van der Waals surface area contributed by atoms with E-state index in [-0.39, 0.29) is 16.7 Å². The van der Waals surface area contributed by atoms with E-state index < -0.39 is 0 Å². The molecule has 6 nitrogen and oxygen atoms in total. The molecular formula is C21H22N4O2S. The highest BCUT2D eigenvalue weighted by atomic mass is 32.2. The molecule has 1 aliphatic heterocycles. The van der Waals surface area contributed by atoms with Gasteiger partial charge in [0.1, 0.15) is 5.82 Å². The molecule has 4 rings (SSSR count). The number of pyridine rings is 1. The Hall–Kier alpha value is -2.67. The van der Waals surface area contributed by atoms with E-state index in [9.17, 15) is 9.59 Å². The molecule has 0 N–H and O–H groups in total. The maximum absolute atomic E-state index is 13.2. The molecule has 28 heavy (non-hydrogen) atoms. The number of benzene rings is 1. The molecule has 1 fully saturated rings. The third-order valence-electron chi connectivity index (χ3n) is 4.92. The molecule has 7 heteroatoms. The predicted octanol–water partition coefficient (Wildman–Crippen LogP) is 3.19. The van der Waals surface area contributed by atoms with Crippen molar-refractivity contribution in [1.82, 2.24) is 19.4 Å². The first kappa shape index (κ1) is 18.7. The minimum Gasteiger partial charge on any atom is -0.342 e. The second-order valence-electron chi connectivity index (χ2n) is 7.04. The van der Waals surface area contributed by atoms with Crippen molar-refractivity contribution in [1.29, 1.82) is 0 Å². The average molecular weight is 395 g/mol. The molecule has 1 unspecified atom stereocenters. The summed E-state index contributed by atoms with van der Waals surface area (Å²) in [6.07, 6.45) is 3.83. The summed E-state index contributed by atoms with van der Waals surface area (Å²) < 4.78 is 1.51. The molecule has 1 amide bonds. The lowest BCUT2D eigenvalue weighted by atomic mass is 10.2. The van der Waals surface area contributed by atoms with Gasteiger partial charge >= 0.3 is 0 Å². The molecule has 1 aromatic carbocycles. The van der Waals surface area contributed by atoms with Crippen LogP contribution in [0.3, 0.4) is 0 Å². The summed E-state index contributed by atoms with van der Waals surface area (Å²) in [6, 6.07) is 11.0. The van der Waals surface area contributed by atoms with Crippen molar-refractivity contribution in [2.24, 2.45) is 0 Å². The van der Waals surface area contributed by atoms with Gasteiger partial charge in [-0.05, 0) is 50.5 Å². The van der Waals surface area contributed by atoms with Gasteiger partial charge in [-0.15, -0.1) is 0 Å². The number of nitrogens with zero attached hydrogens (tertiary/aromatic N) is 4. The second kappa shape index (κ2) is 7.75. The first-order valence-electron chi connectivity index (χ1n) is 9.45. The molecule has 3 aromatic rings. The summed E-state index contributed by atoms with van der Waals surface area (Å²) in [5.41, 5.74) is 1.46. The lowest BCUT2D eigenvalue weighted by Crippen LogP contribution is -2.34. The van der Waals surface area contributed by atoms with Crippen molar-refractivity contribution in [2.45, 2.75) is 37.1 Å². The average Bonchev–Trinajstić information content (AvgIpc) is 3.23. The van der Waals surface area contributed by atoms with Gasteiger partial charge in [0.05, 0.1) is 16.2 Å². The van der Waals surface area contributed by atoms with E-state index in [2.05, 4.69) is 4.98 Å². The molecule has 1 aliphatic rings. The maximum atomic E-state index is 13.2. The zero-order valence-corrected chi connectivity index (χ0v) is 16.8. The van der Waals surface area contributed by atoms with Crippen LogP contribution in [0.4, 0.5) is 0 Å². The number of rotatable bonds is 4. The SMILES string of the molecule is Cc1ccc(-n2c(SC(C)C(=O)N3CCCC3)nc3ccccc3c2=O)nc1. The Morgan fingerprint density at radius 1 is 1.14 bits per heavy atom.